The van der Waals surface area contributed by atoms with E-state index >= 15 is 0 Å². The maximum atomic E-state index is 13.3. The van der Waals surface area contributed by atoms with Crippen molar-refractivity contribution in [1.82, 2.24) is 5.32 Å². The highest BCUT2D eigenvalue weighted by Crippen LogP contribution is 2.19. The summed E-state index contributed by atoms with van der Waals surface area (Å²) in [4.78, 5) is 11.9. The molecule has 4 N–H and O–H groups in total. The van der Waals surface area contributed by atoms with Crippen molar-refractivity contribution < 1.29 is 14.3 Å². The van der Waals surface area contributed by atoms with Crippen LogP contribution in [0.4, 0.5) is 4.39 Å². The van der Waals surface area contributed by atoms with Gasteiger partial charge in [-0.2, -0.15) is 0 Å². The second-order valence-corrected chi connectivity index (χ2v) is 4.12. The SMILES string of the molecule is CC(CNC(=O)c1c(O)cccc1F)C(N)=S. The number of hydrogen-bond donors (Lipinski definition) is 3. The largest absolute Gasteiger partial charge is 0.507 e. The Morgan fingerprint density at radius 2 is 2.29 bits per heavy atom. The topological polar surface area (TPSA) is 75.3 Å². The summed E-state index contributed by atoms with van der Waals surface area (Å²) in [6, 6.07) is 3.67. The molecule has 1 aromatic rings. The minimum atomic E-state index is -0.773. The molecule has 0 aromatic heterocycles. The number of rotatable bonds is 4. The van der Waals surface area contributed by atoms with E-state index in [1.165, 1.54) is 12.1 Å². The molecule has 17 heavy (non-hydrogen) atoms. The number of halogens is 1. The molecule has 6 heteroatoms. The zero-order chi connectivity index (χ0) is 13.0. The van der Waals surface area contributed by atoms with Gasteiger partial charge in [-0.3, -0.25) is 4.79 Å². The van der Waals surface area contributed by atoms with Gasteiger partial charge in [0, 0.05) is 12.5 Å². The third-order valence-corrected chi connectivity index (χ3v) is 2.68. The smallest absolute Gasteiger partial charge is 0.258 e. The van der Waals surface area contributed by atoms with Crippen LogP contribution in [-0.4, -0.2) is 22.5 Å². The van der Waals surface area contributed by atoms with Gasteiger partial charge in [-0.15, -0.1) is 0 Å². The number of amides is 1. The quantitative estimate of drug-likeness (QED) is 0.707. The predicted octanol–water partition coefficient (Wildman–Crippen LogP) is 1.18. The van der Waals surface area contributed by atoms with E-state index in [0.717, 1.165) is 6.07 Å². The van der Waals surface area contributed by atoms with Crippen LogP contribution in [0.5, 0.6) is 5.75 Å². The standard InChI is InChI=1S/C11H13FN2O2S/c1-6(10(13)17)5-14-11(16)9-7(12)3-2-4-8(9)15/h2-4,6,15H,5H2,1H3,(H2,13,17)(H,14,16). The van der Waals surface area contributed by atoms with Crippen LogP contribution in [0.2, 0.25) is 0 Å². The van der Waals surface area contributed by atoms with Gasteiger partial charge >= 0.3 is 0 Å². The molecule has 0 aliphatic heterocycles. The minimum absolute atomic E-state index is 0.192. The number of phenols is 1. The van der Waals surface area contributed by atoms with E-state index in [4.69, 9.17) is 18.0 Å². The third kappa shape index (κ3) is 3.39. The van der Waals surface area contributed by atoms with Crippen LogP contribution in [0.1, 0.15) is 17.3 Å². The first-order valence-electron chi connectivity index (χ1n) is 4.98. The lowest BCUT2D eigenvalue weighted by Crippen LogP contribution is -2.34. The van der Waals surface area contributed by atoms with E-state index in [0.29, 0.717) is 0 Å². The monoisotopic (exact) mass is 256 g/mol. The van der Waals surface area contributed by atoms with Crippen molar-refractivity contribution in [3.63, 3.8) is 0 Å². The summed E-state index contributed by atoms with van der Waals surface area (Å²) in [5, 5.41) is 11.8. The Morgan fingerprint density at radius 3 is 2.82 bits per heavy atom. The van der Waals surface area contributed by atoms with E-state index in [-0.39, 0.29) is 23.0 Å². The van der Waals surface area contributed by atoms with Gasteiger partial charge in [0.1, 0.15) is 17.1 Å². The van der Waals surface area contributed by atoms with Crippen LogP contribution in [0.15, 0.2) is 18.2 Å². The van der Waals surface area contributed by atoms with Gasteiger partial charge in [0.25, 0.3) is 5.91 Å². The molecule has 0 bridgehead atoms. The number of hydrogen-bond acceptors (Lipinski definition) is 3. The Bertz CT molecular complexity index is 431. The fourth-order valence-electron chi connectivity index (χ4n) is 1.17. The van der Waals surface area contributed by atoms with Crippen molar-refractivity contribution in [2.75, 3.05) is 6.54 Å². The lowest BCUT2D eigenvalue weighted by molar-refractivity contribution is 0.0944. The molecule has 0 saturated heterocycles. The molecule has 1 amide bonds. The van der Waals surface area contributed by atoms with Gasteiger partial charge in [0.15, 0.2) is 0 Å². The number of nitrogens with two attached hydrogens (primary N) is 1. The molecule has 1 unspecified atom stereocenters. The lowest BCUT2D eigenvalue weighted by atomic mass is 10.1. The van der Waals surface area contributed by atoms with E-state index in [9.17, 15) is 14.3 Å². The summed E-state index contributed by atoms with van der Waals surface area (Å²) in [5.74, 6) is -2.05. The summed E-state index contributed by atoms with van der Waals surface area (Å²) in [6.07, 6.45) is 0. The average molecular weight is 256 g/mol. The normalized spacial score (nSPS) is 11.9. The average Bonchev–Trinajstić information content (AvgIpc) is 2.25. The van der Waals surface area contributed by atoms with Gasteiger partial charge in [-0.25, -0.2) is 4.39 Å². The summed E-state index contributed by atoms with van der Waals surface area (Å²) in [6.45, 7) is 1.94. The number of carbonyl (C=O) groups is 1. The zero-order valence-electron chi connectivity index (χ0n) is 9.24. The number of nitrogens with one attached hydrogen (secondary N) is 1. The van der Waals surface area contributed by atoms with Gasteiger partial charge in [-0.1, -0.05) is 25.2 Å². The molecule has 0 heterocycles. The summed E-state index contributed by atoms with van der Waals surface area (Å²) < 4.78 is 13.3. The molecular formula is C11H13FN2O2S. The van der Waals surface area contributed by atoms with Crippen LogP contribution >= 0.6 is 12.2 Å². The maximum absolute atomic E-state index is 13.3. The molecule has 0 aliphatic carbocycles. The van der Waals surface area contributed by atoms with E-state index in [2.05, 4.69) is 5.32 Å². The number of thiocarbonyl (C=S) groups is 1. The Balaban J connectivity index is 2.74. The number of carbonyl (C=O) groups excluding carboxylic acids is 1. The first kappa shape index (κ1) is 13.4. The first-order valence-corrected chi connectivity index (χ1v) is 5.39. The van der Waals surface area contributed by atoms with Gasteiger partial charge in [-0.05, 0) is 12.1 Å². The van der Waals surface area contributed by atoms with Crippen molar-refractivity contribution in [1.29, 1.82) is 0 Å². The molecule has 0 fully saturated rings. The fraction of sp³-hybridized carbons (Fsp3) is 0.273. The van der Waals surface area contributed by atoms with Crippen molar-refractivity contribution in [2.24, 2.45) is 11.7 Å². The van der Waals surface area contributed by atoms with E-state index in [1.54, 1.807) is 6.92 Å². The highest BCUT2D eigenvalue weighted by molar-refractivity contribution is 7.80. The highest BCUT2D eigenvalue weighted by Gasteiger charge is 2.17. The summed E-state index contributed by atoms with van der Waals surface area (Å²) >= 11 is 4.74. The molecule has 0 radical (unpaired) electrons. The van der Waals surface area contributed by atoms with Crippen LogP contribution < -0.4 is 11.1 Å². The zero-order valence-corrected chi connectivity index (χ0v) is 10.1. The van der Waals surface area contributed by atoms with Gasteiger partial charge in [0.05, 0.1) is 4.99 Å². The molecule has 1 atom stereocenters. The summed E-state index contributed by atoms with van der Waals surface area (Å²) in [7, 11) is 0. The minimum Gasteiger partial charge on any atom is -0.507 e. The maximum Gasteiger partial charge on any atom is 0.258 e. The van der Waals surface area contributed by atoms with Gasteiger partial charge < -0.3 is 16.2 Å². The molecule has 4 nitrogen and oxygen atoms in total. The fourth-order valence-corrected chi connectivity index (χ4v) is 1.26. The molecule has 0 aliphatic rings. The van der Waals surface area contributed by atoms with Gasteiger partial charge in [0.2, 0.25) is 0 Å². The molecule has 92 valence electrons. The summed E-state index contributed by atoms with van der Waals surface area (Å²) in [5.41, 5.74) is 5.00. The second-order valence-electron chi connectivity index (χ2n) is 3.65. The van der Waals surface area contributed by atoms with Crippen LogP contribution in [0, 0.1) is 11.7 Å². The van der Waals surface area contributed by atoms with Crippen LogP contribution in [0.25, 0.3) is 0 Å². The Morgan fingerprint density at radius 1 is 1.65 bits per heavy atom. The van der Waals surface area contributed by atoms with Crippen molar-refractivity contribution in [3.05, 3.63) is 29.6 Å². The lowest BCUT2D eigenvalue weighted by Gasteiger charge is -2.11. The predicted molar refractivity (Wildman–Crippen MR) is 66.3 cm³/mol. The Labute approximate surface area is 104 Å². The number of aromatic hydroxyl groups is 1. The van der Waals surface area contributed by atoms with Crippen molar-refractivity contribution in [3.8, 4) is 5.75 Å². The molecule has 0 spiro atoms. The second kappa shape index (κ2) is 5.58. The Kier molecular flexibility index (Phi) is 4.39. The van der Waals surface area contributed by atoms with E-state index in [1.807, 2.05) is 0 Å². The van der Waals surface area contributed by atoms with Crippen molar-refractivity contribution in [2.45, 2.75) is 6.92 Å². The molecule has 1 rings (SSSR count). The number of benzene rings is 1. The van der Waals surface area contributed by atoms with Crippen molar-refractivity contribution >= 4 is 23.1 Å². The third-order valence-electron chi connectivity index (χ3n) is 2.27. The first-order chi connectivity index (χ1) is 7.93. The van der Waals surface area contributed by atoms with E-state index < -0.39 is 17.5 Å². The molecule has 1 aromatic carbocycles. The van der Waals surface area contributed by atoms with Crippen LogP contribution in [-0.2, 0) is 0 Å². The molecule has 0 saturated carbocycles. The Hall–Kier alpha value is -1.69. The highest BCUT2D eigenvalue weighted by atomic mass is 32.1. The number of phenolic OH excluding ortho intramolecular Hbond substituents is 1. The van der Waals surface area contributed by atoms with Crippen LogP contribution in [0.3, 0.4) is 0 Å². The molecular weight excluding hydrogens is 243 g/mol.